The van der Waals surface area contributed by atoms with Crippen molar-refractivity contribution >= 4 is 11.6 Å². The Bertz CT molecular complexity index is 316. The molecular weight excluding hydrogens is 210 g/mol. The minimum absolute atomic E-state index is 0.0483. The monoisotopic (exact) mass is 227 g/mol. The fourth-order valence-corrected chi connectivity index (χ4v) is 1.80. The van der Waals surface area contributed by atoms with E-state index in [-0.39, 0.29) is 6.61 Å². The first-order valence-corrected chi connectivity index (χ1v) is 5.66. The molecule has 0 aliphatic carbocycles. The van der Waals surface area contributed by atoms with Crippen LogP contribution in [0.5, 0.6) is 0 Å². The summed E-state index contributed by atoms with van der Waals surface area (Å²) >= 11 is 5.90. The number of unbranched alkanes of at least 4 members (excludes halogenated alkanes) is 1. The maximum atomic E-state index is 9.39. The van der Waals surface area contributed by atoms with Crippen LogP contribution in [-0.4, -0.2) is 11.7 Å². The molecule has 0 radical (unpaired) electrons. The lowest BCUT2D eigenvalue weighted by molar-refractivity contribution is 0.185. The van der Waals surface area contributed by atoms with Crippen molar-refractivity contribution in [2.24, 2.45) is 5.73 Å². The van der Waals surface area contributed by atoms with Gasteiger partial charge < -0.3 is 10.8 Å². The Balaban J connectivity index is 2.89. The lowest BCUT2D eigenvalue weighted by Crippen LogP contribution is -2.40. The fourth-order valence-electron chi connectivity index (χ4n) is 1.61. The topological polar surface area (TPSA) is 46.2 Å². The average molecular weight is 228 g/mol. The molecule has 0 aliphatic rings. The van der Waals surface area contributed by atoms with Crippen molar-refractivity contribution in [1.29, 1.82) is 0 Å². The molecule has 1 aromatic rings. The molecule has 0 bridgehead atoms. The van der Waals surface area contributed by atoms with Crippen LogP contribution in [0.25, 0.3) is 0 Å². The molecule has 0 fully saturated rings. The average Bonchev–Trinajstić information content (AvgIpc) is 2.26. The largest absolute Gasteiger partial charge is 0.394 e. The molecule has 1 atom stereocenters. The van der Waals surface area contributed by atoms with E-state index in [0.29, 0.717) is 5.02 Å². The van der Waals surface area contributed by atoms with Gasteiger partial charge in [0, 0.05) is 5.02 Å². The minimum Gasteiger partial charge on any atom is -0.394 e. The van der Waals surface area contributed by atoms with Gasteiger partial charge in [-0.2, -0.15) is 0 Å². The highest BCUT2D eigenvalue weighted by atomic mass is 35.5. The molecule has 84 valence electrons. The molecule has 0 heterocycles. The van der Waals surface area contributed by atoms with Crippen LogP contribution in [0, 0.1) is 0 Å². The summed E-state index contributed by atoms with van der Waals surface area (Å²) in [5, 5.41) is 10.0. The summed E-state index contributed by atoms with van der Waals surface area (Å²) in [7, 11) is 0. The molecule has 0 aliphatic heterocycles. The van der Waals surface area contributed by atoms with Crippen molar-refractivity contribution in [2.75, 3.05) is 6.61 Å². The van der Waals surface area contributed by atoms with Crippen LogP contribution in [0.1, 0.15) is 31.7 Å². The van der Waals surface area contributed by atoms with E-state index in [9.17, 15) is 5.11 Å². The van der Waals surface area contributed by atoms with Crippen molar-refractivity contribution in [2.45, 2.75) is 31.7 Å². The van der Waals surface area contributed by atoms with Gasteiger partial charge in [0.05, 0.1) is 12.1 Å². The highest BCUT2D eigenvalue weighted by Crippen LogP contribution is 2.26. The third kappa shape index (κ3) is 3.20. The second-order valence-corrected chi connectivity index (χ2v) is 4.36. The second kappa shape index (κ2) is 5.50. The van der Waals surface area contributed by atoms with E-state index in [4.69, 9.17) is 17.3 Å². The Morgan fingerprint density at radius 2 is 2.20 bits per heavy atom. The van der Waals surface area contributed by atoms with Gasteiger partial charge in [-0.15, -0.1) is 0 Å². The van der Waals surface area contributed by atoms with Crippen LogP contribution < -0.4 is 5.73 Å². The third-order valence-electron chi connectivity index (χ3n) is 2.66. The van der Waals surface area contributed by atoms with Gasteiger partial charge in [-0.1, -0.05) is 43.5 Å². The number of hydrogen-bond acceptors (Lipinski definition) is 2. The minimum atomic E-state index is -0.652. The molecule has 1 aromatic carbocycles. The van der Waals surface area contributed by atoms with Gasteiger partial charge in [0.2, 0.25) is 0 Å². The molecule has 15 heavy (non-hydrogen) atoms. The van der Waals surface area contributed by atoms with E-state index in [0.717, 1.165) is 24.8 Å². The predicted octanol–water partition coefficient (Wildman–Crippen LogP) is 2.68. The molecule has 3 N–H and O–H groups in total. The standard InChI is InChI=1S/C12H18ClNO/c1-2-3-7-12(14,9-15)10-5-4-6-11(13)8-10/h4-6,8,15H,2-3,7,9,14H2,1H3. The van der Waals surface area contributed by atoms with E-state index in [1.54, 1.807) is 0 Å². The van der Waals surface area contributed by atoms with Gasteiger partial charge >= 0.3 is 0 Å². The quantitative estimate of drug-likeness (QED) is 0.813. The van der Waals surface area contributed by atoms with Crippen molar-refractivity contribution in [1.82, 2.24) is 0 Å². The van der Waals surface area contributed by atoms with E-state index in [2.05, 4.69) is 6.92 Å². The summed E-state index contributed by atoms with van der Waals surface area (Å²) in [5.41, 5.74) is 6.42. The number of aliphatic hydroxyl groups is 1. The maximum Gasteiger partial charge on any atom is 0.0653 e. The van der Waals surface area contributed by atoms with Crippen LogP contribution >= 0.6 is 11.6 Å². The molecule has 1 rings (SSSR count). The first-order valence-electron chi connectivity index (χ1n) is 5.28. The number of benzene rings is 1. The van der Waals surface area contributed by atoms with Crippen molar-refractivity contribution < 1.29 is 5.11 Å². The van der Waals surface area contributed by atoms with Gasteiger partial charge in [-0.3, -0.25) is 0 Å². The summed E-state index contributed by atoms with van der Waals surface area (Å²) in [6.07, 6.45) is 2.85. The molecule has 1 unspecified atom stereocenters. The number of hydrogen-bond donors (Lipinski definition) is 2. The highest BCUT2D eigenvalue weighted by Gasteiger charge is 2.25. The molecule has 0 amide bonds. The lowest BCUT2D eigenvalue weighted by atomic mass is 9.87. The zero-order valence-corrected chi connectivity index (χ0v) is 9.80. The Hall–Kier alpha value is -0.570. The zero-order valence-electron chi connectivity index (χ0n) is 9.04. The summed E-state index contributed by atoms with van der Waals surface area (Å²) in [6.45, 7) is 2.06. The normalized spacial score (nSPS) is 14.9. The first kappa shape index (κ1) is 12.5. The van der Waals surface area contributed by atoms with Gasteiger partial charge in [-0.25, -0.2) is 0 Å². The summed E-state index contributed by atoms with van der Waals surface area (Å²) in [4.78, 5) is 0. The van der Waals surface area contributed by atoms with Crippen LogP contribution in [0.3, 0.4) is 0 Å². The molecule has 2 nitrogen and oxygen atoms in total. The van der Waals surface area contributed by atoms with E-state index >= 15 is 0 Å². The fraction of sp³-hybridized carbons (Fsp3) is 0.500. The Labute approximate surface area is 96.1 Å². The number of rotatable bonds is 5. The van der Waals surface area contributed by atoms with Gasteiger partial charge in [0.1, 0.15) is 0 Å². The van der Waals surface area contributed by atoms with Gasteiger partial charge in [0.15, 0.2) is 0 Å². The predicted molar refractivity (Wildman–Crippen MR) is 63.9 cm³/mol. The van der Waals surface area contributed by atoms with Crippen LogP contribution in [-0.2, 0) is 5.54 Å². The van der Waals surface area contributed by atoms with Crippen molar-refractivity contribution in [3.05, 3.63) is 34.9 Å². The third-order valence-corrected chi connectivity index (χ3v) is 2.89. The van der Waals surface area contributed by atoms with E-state index < -0.39 is 5.54 Å². The number of aliphatic hydroxyl groups excluding tert-OH is 1. The lowest BCUT2D eigenvalue weighted by Gasteiger charge is -2.27. The zero-order chi connectivity index (χ0) is 11.3. The molecular formula is C12H18ClNO. The first-order chi connectivity index (χ1) is 7.12. The molecule has 3 heteroatoms. The highest BCUT2D eigenvalue weighted by molar-refractivity contribution is 6.30. The number of halogens is 1. The Morgan fingerprint density at radius 3 is 2.73 bits per heavy atom. The van der Waals surface area contributed by atoms with Crippen LogP contribution in [0.2, 0.25) is 5.02 Å². The van der Waals surface area contributed by atoms with Crippen molar-refractivity contribution in [3.63, 3.8) is 0 Å². The molecule has 0 saturated carbocycles. The van der Waals surface area contributed by atoms with Gasteiger partial charge in [-0.05, 0) is 24.1 Å². The maximum absolute atomic E-state index is 9.39. The van der Waals surface area contributed by atoms with E-state index in [1.807, 2.05) is 24.3 Å². The smallest absolute Gasteiger partial charge is 0.0653 e. The van der Waals surface area contributed by atoms with Crippen molar-refractivity contribution in [3.8, 4) is 0 Å². The van der Waals surface area contributed by atoms with Crippen LogP contribution in [0.4, 0.5) is 0 Å². The molecule has 0 spiro atoms. The second-order valence-electron chi connectivity index (χ2n) is 3.93. The van der Waals surface area contributed by atoms with Crippen LogP contribution in [0.15, 0.2) is 24.3 Å². The number of nitrogens with two attached hydrogens (primary N) is 1. The molecule has 0 aromatic heterocycles. The summed E-state index contributed by atoms with van der Waals surface area (Å²) in [6, 6.07) is 7.41. The molecule has 0 saturated heterocycles. The van der Waals surface area contributed by atoms with Gasteiger partial charge in [0.25, 0.3) is 0 Å². The van der Waals surface area contributed by atoms with E-state index in [1.165, 1.54) is 0 Å². The summed E-state index contributed by atoms with van der Waals surface area (Å²) < 4.78 is 0. The Morgan fingerprint density at radius 1 is 1.47 bits per heavy atom. The SMILES string of the molecule is CCCCC(N)(CO)c1cccc(Cl)c1. The summed E-state index contributed by atoms with van der Waals surface area (Å²) in [5.74, 6) is 0. The Kier molecular flexibility index (Phi) is 4.58.